The molecule has 6 heteroatoms. The van der Waals surface area contributed by atoms with Gasteiger partial charge < -0.3 is 15.8 Å². The number of hydrogen-bond acceptors (Lipinski definition) is 5. The fourth-order valence-electron chi connectivity index (χ4n) is 1.50. The summed E-state index contributed by atoms with van der Waals surface area (Å²) in [5, 5.41) is 3.20. The number of aromatic nitrogens is 1. The SMILES string of the molecule is CCNc1c(N)c(Cl)nc(C)c1C(=O)OCC. The Morgan fingerprint density at radius 2 is 2.18 bits per heavy atom. The van der Waals surface area contributed by atoms with Crippen molar-refractivity contribution in [1.29, 1.82) is 0 Å². The van der Waals surface area contributed by atoms with E-state index in [0.29, 0.717) is 30.1 Å². The summed E-state index contributed by atoms with van der Waals surface area (Å²) < 4.78 is 4.97. The van der Waals surface area contributed by atoms with Gasteiger partial charge in [0, 0.05) is 6.54 Å². The molecule has 0 aromatic carbocycles. The summed E-state index contributed by atoms with van der Waals surface area (Å²) in [6.45, 7) is 6.26. The first kappa shape index (κ1) is 13.6. The monoisotopic (exact) mass is 257 g/mol. The second-order valence-corrected chi connectivity index (χ2v) is 3.76. The number of nitrogens with one attached hydrogen (secondary N) is 1. The Bertz CT molecular complexity index is 435. The largest absolute Gasteiger partial charge is 0.462 e. The summed E-state index contributed by atoms with van der Waals surface area (Å²) in [6, 6.07) is 0. The van der Waals surface area contributed by atoms with Crippen LogP contribution in [0.15, 0.2) is 0 Å². The maximum absolute atomic E-state index is 11.8. The number of anilines is 2. The van der Waals surface area contributed by atoms with Crippen LogP contribution in [0.1, 0.15) is 29.9 Å². The highest BCUT2D eigenvalue weighted by molar-refractivity contribution is 6.32. The molecule has 0 saturated carbocycles. The van der Waals surface area contributed by atoms with Gasteiger partial charge in [-0.1, -0.05) is 11.6 Å². The number of nitrogen functional groups attached to an aromatic ring is 1. The van der Waals surface area contributed by atoms with Crippen LogP contribution in [0.2, 0.25) is 5.15 Å². The van der Waals surface area contributed by atoms with Crippen molar-refractivity contribution in [3.05, 3.63) is 16.4 Å². The molecular formula is C11H16ClN3O2. The Morgan fingerprint density at radius 3 is 2.71 bits per heavy atom. The lowest BCUT2D eigenvalue weighted by Crippen LogP contribution is -2.15. The highest BCUT2D eigenvalue weighted by atomic mass is 35.5. The average Bonchev–Trinajstić information content (AvgIpc) is 2.26. The van der Waals surface area contributed by atoms with E-state index in [0.717, 1.165) is 0 Å². The fourth-order valence-corrected chi connectivity index (χ4v) is 1.72. The standard InChI is InChI=1S/C11H16ClN3O2/c1-4-14-9-7(11(16)17-5-2)6(3)15-10(12)8(9)13/h4-5,13H2,1-3H3,(H,14,15). The lowest BCUT2D eigenvalue weighted by molar-refractivity contribution is 0.0526. The van der Waals surface area contributed by atoms with Gasteiger partial charge in [0.15, 0.2) is 5.15 Å². The van der Waals surface area contributed by atoms with Crippen LogP contribution in [0.4, 0.5) is 11.4 Å². The summed E-state index contributed by atoms with van der Waals surface area (Å²) in [5.74, 6) is -0.447. The lowest BCUT2D eigenvalue weighted by Gasteiger charge is -2.15. The molecule has 94 valence electrons. The molecule has 1 rings (SSSR count). The molecule has 3 N–H and O–H groups in total. The third-order valence-electron chi connectivity index (χ3n) is 2.20. The smallest absolute Gasteiger partial charge is 0.342 e. The van der Waals surface area contributed by atoms with Crippen molar-refractivity contribution >= 4 is 28.9 Å². The number of esters is 1. The van der Waals surface area contributed by atoms with Gasteiger partial charge in [0.1, 0.15) is 5.56 Å². The van der Waals surface area contributed by atoms with Crippen LogP contribution in [0.25, 0.3) is 0 Å². The molecule has 1 aromatic rings. The quantitative estimate of drug-likeness (QED) is 0.639. The number of pyridine rings is 1. The number of aryl methyl sites for hydroxylation is 1. The van der Waals surface area contributed by atoms with Crippen molar-refractivity contribution in [3.8, 4) is 0 Å². The number of carbonyl (C=O) groups is 1. The van der Waals surface area contributed by atoms with E-state index in [2.05, 4.69) is 10.3 Å². The van der Waals surface area contributed by atoms with Crippen molar-refractivity contribution in [1.82, 2.24) is 4.98 Å². The lowest BCUT2D eigenvalue weighted by atomic mass is 10.1. The van der Waals surface area contributed by atoms with Crippen LogP contribution < -0.4 is 11.1 Å². The summed E-state index contributed by atoms with van der Waals surface area (Å²) in [6.07, 6.45) is 0. The van der Waals surface area contributed by atoms with Crippen LogP contribution in [-0.2, 0) is 4.74 Å². The van der Waals surface area contributed by atoms with Gasteiger partial charge in [-0.15, -0.1) is 0 Å². The Kier molecular flexibility index (Phi) is 4.57. The van der Waals surface area contributed by atoms with Gasteiger partial charge in [-0.3, -0.25) is 0 Å². The second-order valence-electron chi connectivity index (χ2n) is 3.40. The Morgan fingerprint density at radius 1 is 1.53 bits per heavy atom. The molecule has 0 saturated heterocycles. The predicted octanol–water partition coefficient (Wildman–Crippen LogP) is 2.23. The van der Waals surface area contributed by atoms with Crippen LogP contribution in [0.5, 0.6) is 0 Å². The van der Waals surface area contributed by atoms with E-state index in [-0.39, 0.29) is 10.8 Å². The van der Waals surface area contributed by atoms with E-state index in [1.807, 2.05) is 6.92 Å². The molecule has 1 aromatic heterocycles. The number of carbonyl (C=O) groups excluding carboxylic acids is 1. The topological polar surface area (TPSA) is 77.2 Å². The minimum Gasteiger partial charge on any atom is -0.462 e. The average molecular weight is 258 g/mol. The summed E-state index contributed by atoms with van der Waals surface area (Å²) >= 11 is 5.88. The van der Waals surface area contributed by atoms with Gasteiger partial charge in [0.05, 0.1) is 23.7 Å². The van der Waals surface area contributed by atoms with Gasteiger partial charge in [-0.25, -0.2) is 9.78 Å². The Balaban J connectivity index is 3.35. The molecule has 1 heterocycles. The highest BCUT2D eigenvalue weighted by Crippen LogP contribution is 2.31. The minimum absolute atomic E-state index is 0.187. The van der Waals surface area contributed by atoms with Gasteiger partial charge in [0.25, 0.3) is 0 Å². The van der Waals surface area contributed by atoms with Gasteiger partial charge in [-0.05, 0) is 20.8 Å². The van der Waals surface area contributed by atoms with Crippen LogP contribution >= 0.6 is 11.6 Å². The van der Waals surface area contributed by atoms with Gasteiger partial charge in [0.2, 0.25) is 0 Å². The zero-order chi connectivity index (χ0) is 13.0. The second kappa shape index (κ2) is 5.72. The summed E-state index contributed by atoms with van der Waals surface area (Å²) in [4.78, 5) is 15.8. The van der Waals surface area contributed by atoms with Crippen molar-refractivity contribution < 1.29 is 9.53 Å². The first-order valence-corrected chi connectivity index (χ1v) is 5.77. The molecule has 17 heavy (non-hydrogen) atoms. The van der Waals surface area contributed by atoms with Gasteiger partial charge in [-0.2, -0.15) is 0 Å². The number of halogens is 1. The number of ether oxygens (including phenoxy) is 1. The molecular weight excluding hydrogens is 242 g/mol. The zero-order valence-electron chi connectivity index (χ0n) is 10.1. The van der Waals surface area contributed by atoms with Crippen LogP contribution in [0, 0.1) is 6.92 Å². The zero-order valence-corrected chi connectivity index (χ0v) is 10.9. The van der Waals surface area contributed by atoms with Crippen LogP contribution in [0.3, 0.4) is 0 Å². The number of nitrogens with two attached hydrogens (primary N) is 1. The van der Waals surface area contributed by atoms with Crippen molar-refractivity contribution in [2.45, 2.75) is 20.8 Å². The van der Waals surface area contributed by atoms with Gasteiger partial charge >= 0.3 is 5.97 Å². The third-order valence-corrected chi connectivity index (χ3v) is 2.49. The Labute approximate surface area is 105 Å². The predicted molar refractivity (Wildman–Crippen MR) is 68.5 cm³/mol. The first-order valence-electron chi connectivity index (χ1n) is 5.39. The molecule has 0 amide bonds. The molecule has 0 aliphatic carbocycles. The molecule has 0 fully saturated rings. The third kappa shape index (κ3) is 2.79. The van der Waals surface area contributed by atoms with Crippen molar-refractivity contribution in [2.24, 2.45) is 0 Å². The van der Waals surface area contributed by atoms with E-state index in [1.165, 1.54) is 0 Å². The number of hydrogen-bond donors (Lipinski definition) is 2. The van der Waals surface area contributed by atoms with E-state index >= 15 is 0 Å². The van der Waals surface area contributed by atoms with Crippen molar-refractivity contribution in [2.75, 3.05) is 24.2 Å². The molecule has 0 bridgehead atoms. The van der Waals surface area contributed by atoms with E-state index in [1.54, 1.807) is 13.8 Å². The molecule has 0 aliphatic heterocycles. The molecule has 0 aliphatic rings. The minimum atomic E-state index is -0.447. The Hall–Kier alpha value is -1.49. The number of nitrogens with zero attached hydrogens (tertiary/aromatic N) is 1. The maximum atomic E-state index is 11.8. The molecule has 0 radical (unpaired) electrons. The highest BCUT2D eigenvalue weighted by Gasteiger charge is 2.21. The summed E-state index contributed by atoms with van der Waals surface area (Å²) in [5.41, 5.74) is 7.40. The fraction of sp³-hybridized carbons (Fsp3) is 0.455. The molecule has 0 atom stereocenters. The molecule has 0 unspecified atom stereocenters. The first-order chi connectivity index (χ1) is 8.02. The van der Waals surface area contributed by atoms with Crippen LogP contribution in [-0.4, -0.2) is 24.1 Å². The summed E-state index contributed by atoms with van der Waals surface area (Å²) in [7, 11) is 0. The van der Waals surface area contributed by atoms with E-state index in [9.17, 15) is 4.79 Å². The molecule has 5 nitrogen and oxygen atoms in total. The maximum Gasteiger partial charge on any atom is 0.342 e. The number of rotatable bonds is 4. The molecule has 0 spiro atoms. The van der Waals surface area contributed by atoms with E-state index < -0.39 is 5.97 Å². The normalized spacial score (nSPS) is 10.1. The van der Waals surface area contributed by atoms with E-state index in [4.69, 9.17) is 22.1 Å². The van der Waals surface area contributed by atoms with Crippen molar-refractivity contribution in [3.63, 3.8) is 0 Å².